The van der Waals surface area contributed by atoms with E-state index in [1.807, 2.05) is 6.92 Å². The minimum Gasteiger partial charge on any atom is -0.354 e. The number of rotatable bonds is 9. The lowest BCUT2D eigenvalue weighted by Crippen LogP contribution is -2.48. The van der Waals surface area contributed by atoms with Crippen LogP contribution in [0.5, 0.6) is 0 Å². The van der Waals surface area contributed by atoms with Crippen molar-refractivity contribution >= 4 is 58.2 Å². The second-order valence-electron chi connectivity index (χ2n) is 6.99. The van der Waals surface area contributed by atoms with Gasteiger partial charge >= 0.3 is 0 Å². The number of nitrogens with one attached hydrogen (secondary N) is 1. The Bertz CT molecular complexity index is 905. The molecule has 0 aliphatic heterocycles. The first-order valence-electron chi connectivity index (χ1n) is 9.68. The third-order valence-corrected chi connectivity index (χ3v) is 5.88. The van der Waals surface area contributed by atoms with E-state index >= 15 is 0 Å². The van der Waals surface area contributed by atoms with Gasteiger partial charge in [0.2, 0.25) is 11.8 Å². The van der Waals surface area contributed by atoms with E-state index in [4.69, 9.17) is 46.4 Å². The Morgan fingerprint density at radius 3 is 2.07 bits per heavy atom. The average Bonchev–Trinajstić information content (AvgIpc) is 2.69. The molecule has 4 nitrogen and oxygen atoms in total. The van der Waals surface area contributed by atoms with Gasteiger partial charge in [0, 0.05) is 33.2 Å². The lowest BCUT2D eigenvalue weighted by molar-refractivity contribution is -0.140. The van der Waals surface area contributed by atoms with Crippen molar-refractivity contribution in [2.45, 2.75) is 45.7 Å². The number of halogens is 4. The van der Waals surface area contributed by atoms with Crippen molar-refractivity contribution in [3.05, 3.63) is 67.6 Å². The average molecular weight is 490 g/mol. The van der Waals surface area contributed by atoms with Crippen LogP contribution in [0.15, 0.2) is 36.4 Å². The van der Waals surface area contributed by atoms with E-state index in [0.717, 1.165) is 12.8 Å². The Hall–Kier alpha value is -1.46. The minimum absolute atomic E-state index is 0.0355. The fraction of sp³-hybridized carbons (Fsp3) is 0.364. The molecule has 2 amide bonds. The van der Waals surface area contributed by atoms with Gasteiger partial charge in [-0.15, -0.1) is 0 Å². The van der Waals surface area contributed by atoms with Gasteiger partial charge in [0.05, 0.1) is 6.42 Å². The third-order valence-electron chi connectivity index (χ3n) is 4.71. The number of hydrogen-bond acceptors (Lipinski definition) is 2. The van der Waals surface area contributed by atoms with Gasteiger partial charge in [-0.2, -0.15) is 0 Å². The predicted molar refractivity (Wildman–Crippen MR) is 125 cm³/mol. The molecule has 0 radical (unpaired) electrons. The van der Waals surface area contributed by atoms with Gasteiger partial charge in [-0.25, -0.2) is 0 Å². The topological polar surface area (TPSA) is 49.4 Å². The van der Waals surface area contributed by atoms with E-state index in [1.165, 1.54) is 4.90 Å². The maximum absolute atomic E-state index is 13.2. The summed E-state index contributed by atoms with van der Waals surface area (Å²) in [5.74, 6) is -0.465. The summed E-state index contributed by atoms with van der Waals surface area (Å²) in [5, 5.41) is 4.71. The molecule has 0 aliphatic carbocycles. The smallest absolute Gasteiger partial charge is 0.242 e. The van der Waals surface area contributed by atoms with Gasteiger partial charge in [0.1, 0.15) is 6.04 Å². The van der Waals surface area contributed by atoms with Crippen molar-refractivity contribution in [1.29, 1.82) is 0 Å². The number of nitrogens with zero attached hydrogens (tertiary/aromatic N) is 1. The van der Waals surface area contributed by atoms with Crippen molar-refractivity contribution in [3.63, 3.8) is 0 Å². The van der Waals surface area contributed by atoms with Gasteiger partial charge < -0.3 is 10.2 Å². The van der Waals surface area contributed by atoms with Crippen LogP contribution in [-0.2, 0) is 22.6 Å². The van der Waals surface area contributed by atoms with Gasteiger partial charge in [0.25, 0.3) is 0 Å². The first-order chi connectivity index (χ1) is 14.2. The Morgan fingerprint density at radius 1 is 0.967 bits per heavy atom. The fourth-order valence-corrected chi connectivity index (χ4v) is 3.83. The number of amides is 2. The zero-order valence-corrected chi connectivity index (χ0v) is 19.9. The second-order valence-corrected chi connectivity index (χ2v) is 8.68. The van der Waals surface area contributed by atoms with E-state index in [1.54, 1.807) is 43.3 Å². The van der Waals surface area contributed by atoms with Crippen LogP contribution >= 0.6 is 46.4 Å². The maximum atomic E-state index is 13.2. The van der Waals surface area contributed by atoms with E-state index in [9.17, 15) is 9.59 Å². The molecule has 0 spiro atoms. The molecular formula is C22H24Cl4N2O2. The SMILES string of the molecule is CCCCNC(=O)[C@@H](C)N(Cc1ccc(Cl)cc1Cl)C(=O)Cc1ccc(Cl)cc1Cl. The van der Waals surface area contributed by atoms with Gasteiger partial charge in [-0.05, 0) is 48.7 Å². The van der Waals surface area contributed by atoms with Crippen LogP contribution in [0.1, 0.15) is 37.8 Å². The second kappa shape index (κ2) is 11.8. The van der Waals surface area contributed by atoms with Crippen LogP contribution in [0.25, 0.3) is 0 Å². The molecule has 2 aromatic carbocycles. The molecule has 0 fully saturated rings. The highest BCUT2D eigenvalue weighted by molar-refractivity contribution is 6.35. The van der Waals surface area contributed by atoms with E-state index < -0.39 is 6.04 Å². The van der Waals surface area contributed by atoms with Crippen molar-refractivity contribution in [1.82, 2.24) is 10.2 Å². The van der Waals surface area contributed by atoms with Gasteiger partial charge in [-0.1, -0.05) is 71.9 Å². The summed E-state index contributed by atoms with van der Waals surface area (Å²) in [6, 6.07) is 9.36. The molecule has 0 saturated carbocycles. The highest BCUT2D eigenvalue weighted by atomic mass is 35.5. The summed E-state index contributed by atoms with van der Waals surface area (Å²) in [4.78, 5) is 27.3. The van der Waals surface area contributed by atoms with Gasteiger partial charge in [-0.3, -0.25) is 9.59 Å². The monoisotopic (exact) mass is 488 g/mol. The Balaban J connectivity index is 2.26. The van der Waals surface area contributed by atoms with Crippen molar-refractivity contribution < 1.29 is 9.59 Å². The van der Waals surface area contributed by atoms with Crippen LogP contribution in [0.2, 0.25) is 20.1 Å². The van der Waals surface area contributed by atoms with E-state index in [0.29, 0.717) is 37.8 Å². The van der Waals surface area contributed by atoms with Crippen LogP contribution in [0.4, 0.5) is 0 Å². The maximum Gasteiger partial charge on any atom is 0.242 e. The van der Waals surface area contributed by atoms with Crippen LogP contribution in [0.3, 0.4) is 0 Å². The molecule has 8 heteroatoms. The number of carbonyl (C=O) groups is 2. The molecule has 2 rings (SSSR count). The summed E-state index contributed by atoms with van der Waals surface area (Å²) in [6.45, 7) is 4.48. The number of hydrogen-bond donors (Lipinski definition) is 1. The molecule has 162 valence electrons. The first-order valence-corrected chi connectivity index (χ1v) is 11.2. The third kappa shape index (κ3) is 7.05. The van der Waals surface area contributed by atoms with Crippen molar-refractivity contribution in [2.24, 2.45) is 0 Å². The summed E-state index contributed by atoms with van der Waals surface area (Å²) < 4.78 is 0. The summed E-state index contributed by atoms with van der Waals surface area (Å²) in [7, 11) is 0. The zero-order chi connectivity index (χ0) is 22.3. The molecule has 0 saturated heterocycles. The Labute approximate surface area is 197 Å². The molecule has 1 N–H and O–H groups in total. The van der Waals surface area contributed by atoms with E-state index in [2.05, 4.69) is 5.32 Å². The first kappa shape index (κ1) is 24.8. The molecule has 30 heavy (non-hydrogen) atoms. The molecule has 0 bridgehead atoms. The van der Waals surface area contributed by atoms with Gasteiger partial charge in [0.15, 0.2) is 0 Å². The van der Waals surface area contributed by atoms with Crippen LogP contribution in [0, 0.1) is 0 Å². The lowest BCUT2D eigenvalue weighted by Gasteiger charge is -2.29. The largest absolute Gasteiger partial charge is 0.354 e. The van der Waals surface area contributed by atoms with Crippen LogP contribution < -0.4 is 5.32 Å². The molecule has 0 unspecified atom stereocenters. The molecule has 0 aliphatic rings. The molecule has 0 aromatic heterocycles. The standard InChI is InChI=1S/C22H24Cl4N2O2/c1-3-4-9-27-22(30)14(2)28(13-16-6-8-18(24)12-20(16)26)21(29)10-15-5-7-17(23)11-19(15)25/h5-8,11-12,14H,3-4,9-10,13H2,1-2H3,(H,27,30)/t14-/m1/s1. The van der Waals surface area contributed by atoms with Crippen molar-refractivity contribution in [3.8, 4) is 0 Å². The molecular weight excluding hydrogens is 466 g/mol. The lowest BCUT2D eigenvalue weighted by atomic mass is 10.1. The highest BCUT2D eigenvalue weighted by Crippen LogP contribution is 2.25. The summed E-state index contributed by atoms with van der Waals surface area (Å²) >= 11 is 24.5. The Kier molecular flexibility index (Phi) is 9.76. The number of benzene rings is 2. The number of unbranched alkanes of at least 4 members (excludes halogenated alkanes) is 1. The fourth-order valence-electron chi connectivity index (χ4n) is 2.88. The van der Waals surface area contributed by atoms with Crippen molar-refractivity contribution in [2.75, 3.05) is 6.54 Å². The van der Waals surface area contributed by atoms with Crippen LogP contribution in [-0.4, -0.2) is 29.3 Å². The molecule has 2 aromatic rings. The quantitative estimate of drug-likeness (QED) is 0.427. The highest BCUT2D eigenvalue weighted by Gasteiger charge is 2.27. The summed E-state index contributed by atoms with van der Waals surface area (Å²) in [6.07, 6.45) is 1.87. The minimum atomic E-state index is -0.688. The molecule has 0 heterocycles. The molecule has 1 atom stereocenters. The summed E-state index contributed by atoms with van der Waals surface area (Å²) in [5.41, 5.74) is 1.33. The van der Waals surface area contributed by atoms with E-state index in [-0.39, 0.29) is 24.8 Å². The predicted octanol–water partition coefficient (Wildman–Crippen LogP) is 6.18. The number of carbonyl (C=O) groups excluding carboxylic acids is 2. The normalized spacial score (nSPS) is 11.8. The Morgan fingerprint density at radius 2 is 1.53 bits per heavy atom. The zero-order valence-electron chi connectivity index (χ0n) is 16.9.